The number of amidine groups is 1. The van der Waals surface area contributed by atoms with Crippen LogP contribution in [0.5, 0.6) is 0 Å². The van der Waals surface area contributed by atoms with Gasteiger partial charge >= 0.3 is 0 Å². The van der Waals surface area contributed by atoms with Gasteiger partial charge in [0.15, 0.2) is 5.84 Å². The number of hydrogen-bond acceptors (Lipinski definition) is 6. The van der Waals surface area contributed by atoms with Gasteiger partial charge in [-0.15, -0.1) is 0 Å². The molecule has 2 rings (SSSR count). The van der Waals surface area contributed by atoms with Crippen LogP contribution in [0.2, 0.25) is 0 Å². The molecule has 0 saturated heterocycles. The molecule has 1 aliphatic carbocycles. The Balaban J connectivity index is 2.41. The molecule has 0 radical (unpaired) electrons. The van der Waals surface area contributed by atoms with Crippen LogP contribution in [0.1, 0.15) is 25.3 Å². The lowest BCUT2D eigenvalue weighted by molar-refractivity contribution is -0.385. The van der Waals surface area contributed by atoms with Crippen LogP contribution in [0.3, 0.4) is 0 Å². The molecule has 1 aromatic rings. The van der Waals surface area contributed by atoms with Gasteiger partial charge in [-0.25, -0.2) is 4.98 Å². The third kappa shape index (κ3) is 2.95. The van der Waals surface area contributed by atoms with Crippen LogP contribution < -0.4 is 10.6 Å². The molecule has 108 valence electrons. The van der Waals surface area contributed by atoms with E-state index in [9.17, 15) is 10.1 Å². The third-order valence-electron chi connectivity index (χ3n) is 3.30. The molecule has 0 amide bonds. The first-order chi connectivity index (χ1) is 9.56. The quantitative estimate of drug-likeness (QED) is 0.266. The predicted octanol–water partition coefficient (Wildman–Crippen LogP) is 1.32. The second-order valence-electron chi connectivity index (χ2n) is 4.79. The van der Waals surface area contributed by atoms with E-state index in [0.29, 0.717) is 18.3 Å². The smallest absolute Gasteiger partial charge is 0.288 e. The molecule has 0 atom stereocenters. The minimum absolute atomic E-state index is 0.176. The van der Waals surface area contributed by atoms with Crippen LogP contribution in [0.15, 0.2) is 17.4 Å². The lowest BCUT2D eigenvalue weighted by Crippen LogP contribution is -2.29. The van der Waals surface area contributed by atoms with E-state index >= 15 is 0 Å². The number of hydrogen-bond donors (Lipinski definition) is 2. The topological polar surface area (TPSA) is 118 Å². The Kier molecular flexibility index (Phi) is 4.02. The second kappa shape index (κ2) is 5.72. The monoisotopic (exact) mass is 279 g/mol. The second-order valence-corrected chi connectivity index (χ2v) is 4.79. The lowest BCUT2D eigenvalue weighted by atomic mass is 10.2. The van der Waals surface area contributed by atoms with Crippen LogP contribution in [-0.2, 0) is 0 Å². The van der Waals surface area contributed by atoms with E-state index in [1.807, 2.05) is 11.8 Å². The Bertz CT molecular complexity index is 542. The van der Waals surface area contributed by atoms with Gasteiger partial charge in [-0.1, -0.05) is 5.16 Å². The molecule has 8 nitrogen and oxygen atoms in total. The fourth-order valence-corrected chi connectivity index (χ4v) is 2.02. The molecular formula is C12H17N5O3. The van der Waals surface area contributed by atoms with Gasteiger partial charge in [0.25, 0.3) is 5.69 Å². The number of anilines is 1. The van der Waals surface area contributed by atoms with E-state index in [2.05, 4.69) is 10.1 Å². The number of aromatic nitrogens is 1. The lowest BCUT2D eigenvalue weighted by Gasteiger charge is -2.23. The first-order valence-corrected chi connectivity index (χ1v) is 6.44. The fraction of sp³-hybridized carbons (Fsp3) is 0.500. The minimum atomic E-state index is -0.553. The van der Waals surface area contributed by atoms with Crippen molar-refractivity contribution in [2.75, 3.05) is 18.0 Å². The summed E-state index contributed by atoms with van der Waals surface area (Å²) in [5.41, 5.74) is 5.71. The molecule has 0 spiro atoms. The van der Waals surface area contributed by atoms with E-state index in [1.54, 1.807) is 0 Å². The molecule has 1 aliphatic rings. The molecule has 8 heteroatoms. The molecule has 0 aliphatic heterocycles. The van der Waals surface area contributed by atoms with Crippen LogP contribution in [0, 0.1) is 16.0 Å². The summed E-state index contributed by atoms with van der Waals surface area (Å²) in [4.78, 5) is 16.4. The van der Waals surface area contributed by atoms with Gasteiger partial charge in [0, 0.05) is 19.2 Å². The highest BCUT2D eigenvalue weighted by atomic mass is 16.6. The van der Waals surface area contributed by atoms with Crippen molar-refractivity contribution in [1.82, 2.24) is 4.98 Å². The normalized spacial score (nSPS) is 15.2. The van der Waals surface area contributed by atoms with Crippen LogP contribution in [0.4, 0.5) is 11.5 Å². The standard InChI is InChI=1S/C12H17N5O3/c1-2-16(7-8-3-4-8)12-10(11(13)15-18)5-9(6-14-12)17(19)20/h5-6,8,18H,2-4,7H2,1H3,(H2,13,15). The van der Waals surface area contributed by atoms with Crippen LogP contribution in [-0.4, -0.2) is 34.0 Å². The summed E-state index contributed by atoms with van der Waals surface area (Å²) in [6.45, 7) is 3.50. The van der Waals surface area contributed by atoms with Crippen molar-refractivity contribution in [1.29, 1.82) is 0 Å². The van der Waals surface area contributed by atoms with Crippen molar-refractivity contribution in [3.8, 4) is 0 Å². The number of nitrogens with two attached hydrogens (primary N) is 1. The molecule has 0 unspecified atom stereocenters. The Hall–Kier alpha value is -2.38. The summed E-state index contributed by atoms with van der Waals surface area (Å²) < 4.78 is 0. The first kappa shape index (κ1) is 14.0. The molecule has 3 N–H and O–H groups in total. The Morgan fingerprint density at radius 3 is 2.90 bits per heavy atom. The number of rotatable bonds is 6. The van der Waals surface area contributed by atoms with Gasteiger partial charge < -0.3 is 15.8 Å². The third-order valence-corrected chi connectivity index (χ3v) is 3.30. The summed E-state index contributed by atoms with van der Waals surface area (Å²) >= 11 is 0. The minimum Gasteiger partial charge on any atom is -0.409 e. The van der Waals surface area contributed by atoms with Crippen molar-refractivity contribution >= 4 is 17.3 Å². The number of nitrogens with zero attached hydrogens (tertiary/aromatic N) is 4. The largest absolute Gasteiger partial charge is 0.409 e. The van der Waals surface area contributed by atoms with Gasteiger partial charge in [0.05, 0.1) is 10.5 Å². The van der Waals surface area contributed by atoms with Gasteiger partial charge in [0.2, 0.25) is 0 Å². The molecule has 1 aromatic heterocycles. The summed E-state index contributed by atoms with van der Waals surface area (Å²) in [6, 6.07) is 1.28. The zero-order valence-electron chi connectivity index (χ0n) is 11.2. The van der Waals surface area contributed by atoms with Gasteiger partial charge in [-0.3, -0.25) is 10.1 Å². The van der Waals surface area contributed by atoms with E-state index < -0.39 is 4.92 Å². The zero-order chi connectivity index (χ0) is 14.7. The van der Waals surface area contributed by atoms with E-state index in [-0.39, 0.29) is 17.1 Å². The average molecular weight is 279 g/mol. The predicted molar refractivity (Wildman–Crippen MR) is 74.0 cm³/mol. The fourth-order valence-electron chi connectivity index (χ4n) is 2.02. The Morgan fingerprint density at radius 2 is 2.40 bits per heavy atom. The van der Waals surface area contributed by atoms with Gasteiger partial charge in [-0.2, -0.15) is 0 Å². The summed E-state index contributed by atoms with van der Waals surface area (Å²) in [5.74, 6) is 0.970. The molecule has 0 aromatic carbocycles. The maximum atomic E-state index is 10.8. The van der Waals surface area contributed by atoms with Gasteiger partial charge in [0.1, 0.15) is 12.0 Å². The maximum Gasteiger partial charge on any atom is 0.288 e. The molecule has 0 bridgehead atoms. The average Bonchev–Trinajstić information content (AvgIpc) is 3.27. The number of nitro groups is 1. The summed E-state index contributed by atoms with van der Waals surface area (Å²) in [5, 5.41) is 22.6. The van der Waals surface area contributed by atoms with E-state index in [1.165, 1.54) is 25.1 Å². The Labute approximate surface area is 116 Å². The zero-order valence-corrected chi connectivity index (χ0v) is 11.2. The Morgan fingerprint density at radius 1 is 1.70 bits per heavy atom. The van der Waals surface area contributed by atoms with E-state index in [4.69, 9.17) is 10.9 Å². The van der Waals surface area contributed by atoms with Crippen molar-refractivity contribution in [3.05, 3.63) is 27.9 Å². The highest BCUT2D eigenvalue weighted by Crippen LogP contribution is 2.32. The van der Waals surface area contributed by atoms with Crippen LogP contribution >= 0.6 is 0 Å². The highest BCUT2D eigenvalue weighted by Gasteiger charge is 2.26. The number of oxime groups is 1. The number of pyridine rings is 1. The molecular weight excluding hydrogens is 262 g/mol. The molecule has 1 fully saturated rings. The van der Waals surface area contributed by atoms with Crippen LogP contribution in [0.25, 0.3) is 0 Å². The highest BCUT2D eigenvalue weighted by molar-refractivity contribution is 6.01. The molecule has 20 heavy (non-hydrogen) atoms. The summed E-state index contributed by atoms with van der Waals surface area (Å²) in [7, 11) is 0. The molecule has 1 saturated carbocycles. The van der Waals surface area contributed by atoms with Crippen molar-refractivity contribution < 1.29 is 10.1 Å². The maximum absolute atomic E-state index is 10.8. The molecule has 1 heterocycles. The van der Waals surface area contributed by atoms with E-state index in [0.717, 1.165) is 6.54 Å². The SMILES string of the molecule is CCN(CC1CC1)c1ncc([N+](=O)[O-])cc1C(N)=NO. The summed E-state index contributed by atoms with van der Waals surface area (Å²) in [6.07, 6.45) is 3.56. The van der Waals surface area contributed by atoms with Crippen molar-refractivity contribution in [2.24, 2.45) is 16.8 Å². The van der Waals surface area contributed by atoms with Crippen molar-refractivity contribution in [2.45, 2.75) is 19.8 Å². The van der Waals surface area contributed by atoms with Gasteiger partial charge in [-0.05, 0) is 25.7 Å². The first-order valence-electron chi connectivity index (χ1n) is 6.44. The van der Waals surface area contributed by atoms with Crippen molar-refractivity contribution in [3.63, 3.8) is 0 Å².